The summed E-state index contributed by atoms with van der Waals surface area (Å²) in [4.78, 5) is 14.1. The molecule has 0 aromatic rings. The zero-order chi connectivity index (χ0) is 13.9. The lowest BCUT2D eigenvalue weighted by Gasteiger charge is -2.29. The highest BCUT2D eigenvalue weighted by molar-refractivity contribution is 5.77. The van der Waals surface area contributed by atoms with E-state index in [0.29, 0.717) is 25.7 Å². The maximum Gasteiger partial charge on any atom is 0.233 e. The number of amides is 1. The highest BCUT2D eigenvalue weighted by Gasteiger charge is 2.13. The number of hydrogen-bond donors (Lipinski definition) is 2. The molecule has 112 valence electrons. The second-order valence-electron chi connectivity index (χ2n) is 5.34. The van der Waals surface area contributed by atoms with Gasteiger partial charge >= 0.3 is 0 Å². The van der Waals surface area contributed by atoms with Gasteiger partial charge in [0.05, 0.1) is 6.54 Å². The van der Waals surface area contributed by atoms with Crippen LogP contribution in [0.4, 0.5) is 0 Å². The van der Waals surface area contributed by atoms with Crippen molar-refractivity contribution >= 4 is 5.91 Å². The van der Waals surface area contributed by atoms with Gasteiger partial charge < -0.3 is 20.3 Å². The molecule has 0 aromatic heterocycles. The normalized spacial score (nSPS) is 18.2. The Morgan fingerprint density at radius 1 is 1.32 bits per heavy atom. The smallest absolute Gasteiger partial charge is 0.233 e. The Labute approximate surface area is 117 Å². The third kappa shape index (κ3) is 8.18. The van der Waals surface area contributed by atoms with Crippen LogP contribution in [0.2, 0.25) is 0 Å². The average molecular weight is 271 g/mol. The molecule has 1 atom stereocenters. The fraction of sp³-hybridized carbons (Fsp3) is 0.929. The Morgan fingerprint density at radius 3 is 2.74 bits per heavy atom. The number of piperidine rings is 1. The van der Waals surface area contributed by atoms with E-state index >= 15 is 0 Å². The number of nitrogens with zero attached hydrogens (tertiary/aromatic N) is 1. The summed E-state index contributed by atoms with van der Waals surface area (Å²) in [5.74, 6) is 0.0709. The number of rotatable bonds is 9. The number of carbonyl (C=O) groups excluding carboxylic acids is 1. The molecule has 1 amide bonds. The van der Waals surface area contributed by atoms with E-state index in [1.165, 1.54) is 32.4 Å². The largest absolute Gasteiger partial charge is 0.385 e. The van der Waals surface area contributed by atoms with Crippen LogP contribution in [0.25, 0.3) is 0 Å². The highest BCUT2D eigenvalue weighted by atomic mass is 16.5. The second-order valence-corrected chi connectivity index (χ2v) is 5.34. The van der Waals surface area contributed by atoms with Crippen molar-refractivity contribution in [1.29, 1.82) is 0 Å². The fourth-order valence-corrected chi connectivity index (χ4v) is 2.37. The quantitative estimate of drug-likeness (QED) is 0.603. The van der Waals surface area contributed by atoms with Gasteiger partial charge in [-0.25, -0.2) is 0 Å². The molecule has 2 N–H and O–H groups in total. The maximum absolute atomic E-state index is 11.6. The minimum absolute atomic E-state index is 0.0709. The molecular weight excluding hydrogens is 242 g/mol. The maximum atomic E-state index is 11.6. The molecular formula is C14H29N3O2. The molecule has 0 bridgehead atoms. The van der Waals surface area contributed by atoms with Crippen LogP contribution < -0.4 is 10.6 Å². The van der Waals surface area contributed by atoms with E-state index < -0.39 is 0 Å². The summed E-state index contributed by atoms with van der Waals surface area (Å²) in [7, 11) is 1.67. The van der Waals surface area contributed by atoms with Crippen LogP contribution in [-0.2, 0) is 9.53 Å². The molecule has 1 fully saturated rings. The van der Waals surface area contributed by atoms with Crippen molar-refractivity contribution < 1.29 is 9.53 Å². The summed E-state index contributed by atoms with van der Waals surface area (Å²) in [6.07, 6.45) is 4.85. The number of ether oxygens (including phenoxy) is 1. The van der Waals surface area contributed by atoms with Crippen molar-refractivity contribution in [2.75, 3.05) is 46.4 Å². The van der Waals surface area contributed by atoms with Crippen LogP contribution in [0.3, 0.4) is 0 Å². The average Bonchev–Trinajstić information content (AvgIpc) is 2.42. The number of methoxy groups -OCH3 is 1. The minimum Gasteiger partial charge on any atom is -0.385 e. The SMILES string of the molecule is COCCCNC(=O)CNC(C)CN1CCCCC1. The van der Waals surface area contributed by atoms with Crippen LogP contribution in [0, 0.1) is 0 Å². The van der Waals surface area contributed by atoms with Crippen molar-refractivity contribution in [2.45, 2.75) is 38.6 Å². The summed E-state index contributed by atoms with van der Waals surface area (Å²) < 4.78 is 4.93. The van der Waals surface area contributed by atoms with E-state index in [0.717, 1.165) is 13.0 Å². The summed E-state index contributed by atoms with van der Waals surface area (Å²) >= 11 is 0. The first-order valence-corrected chi connectivity index (χ1v) is 7.43. The Hall–Kier alpha value is -0.650. The molecule has 1 rings (SSSR count). The summed E-state index contributed by atoms with van der Waals surface area (Å²) in [5, 5.41) is 6.17. The van der Waals surface area contributed by atoms with Gasteiger partial charge in [0.15, 0.2) is 0 Å². The third-order valence-corrected chi connectivity index (χ3v) is 3.44. The Balaban J connectivity index is 2.01. The van der Waals surface area contributed by atoms with Gasteiger partial charge in [0.1, 0.15) is 0 Å². The predicted octanol–water partition coefficient (Wildman–Crippen LogP) is 0.603. The lowest BCUT2D eigenvalue weighted by Crippen LogP contribution is -2.45. The van der Waals surface area contributed by atoms with E-state index in [4.69, 9.17) is 4.74 Å². The number of nitrogens with one attached hydrogen (secondary N) is 2. The van der Waals surface area contributed by atoms with E-state index in [9.17, 15) is 4.79 Å². The van der Waals surface area contributed by atoms with Gasteiger partial charge in [-0.1, -0.05) is 6.42 Å². The van der Waals surface area contributed by atoms with Gasteiger partial charge in [0.25, 0.3) is 0 Å². The molecule has 1 aliphatic heterocycles. The van der Waals surface area contributed by atoms with E-state index in [2.05, 4.69) is 22.5 Å². The van der Waals surface area contributed by atoms with Crippen molar-refractivity contribution in [2.24, 2.45) is 0 Å². The Morgan fingerprint density at radius 2 is 2.05 bits per heavy atom. The van der Waals surface area contributed by atoms with E-state index in [1.807, 2.05) is 0 Å². The summed E-state index contributed by atoms with van der Waals surface area (Å²) in [6.45, 7) is 7.38. The van der Waals surface area contributed by atoms with Gasteiger partial charge in [-0.2, -0.15) is 0 Å². The van der Waals surface area contributed by atoms with Crippen LogP contribution >= 0.6 is 0 Å². The zero-order valence-corrected chi connectivity index (χ0v) is 12.4. The molecule has 0 aliphatic carbocycles. The topological polar surface area (TPSA) is 53.6 Å². The van der Waals surface area contributed by atoms with Gasteiger partial charge in [-0.05, 0) is 39.3 Å². The first-order chi connectivity index (χ1) is 9.22. The van der Waals surface area contributed by atoms with Crippen LogP contribution in [-0.4, -0.2) is 63.3 Å². The first-order valence-electron chi connectivity index (χ1n) is 7.43. The second kappa shape index (κ2) is 10.2. The van der Waals surface area contributed by atoms with Crippen LogP contribution in [0.15, 0.2) is 0 Å². The molecule has 19 heavy (non-hydrogen) atoms. The predicted molar refractivity (Wildman–Crippen MR) is 77.3 cm³/mol. The van der Waals surface area contributed by atoms with Gasteiger partial charge in [0.2, 0.25) is 5.91 Å². The number of hydrogen-bond acceptors (Lipinski definition) is 4. The monoisotopic (exact) mass is 271 g/mol. The van der Waals surface area contributed by atoms with Crippen molar-refractivity contribution in [3.05, 3.63) is 0 Å². The first kappa shape index (κ1) is 16.4. The molecule has 1 saturated heterocycles. The highest BCUT2D eigenvalue weighted by Crippen LogP contribution is 2.08. The lowest BCUT2D eigenvalue weighted by atomic mass is 10.1. The number of carbonyl (C=O) groups is 1. The Kier molecular flexibility index (Phi) is 8.79. The standard InChI is InChI=1S/C14H29N3O2/c1-13(12-17-8-4-3-5-9-17)16-11-14(18)15-7-6-10-19-2/h13,16H,3-12H2,1-2H3,(H,15,18). The van der Waals surface area contributed by atoms with Crippen LogP contribution in [0.1, 0.15) is 32.6 Å². The van der Waals surface area contributed by atoms with Crippen molar-refractivity contribution in [1.82, 2.24) is 15.5 Å². The van der Waals surface area contributed by atoms with Gasteiger partial charge in [0, 0.05) is 32.8 Å². The van der Waals surface area contributed by atoms with Crippen molar-refractivity contribution in [3.8, 4) is 0 Å². The lowest BCUT2D eigenvalue weighted by molar-refractivity contribution is -0.120. The molecule has 0 saturated carbocycles. The molecule has 5 heteroatoms. The van der Waals surface area contributed by atoms with E-state index in [1.54, 1.807) is 7.11 Å². The summed E-state index contributed by atoms with van der Waals surface area (Å²) in [6, 6.07) is 0.364. The molecule has 0 radical (unpaired) electrons. The third-order valence-electron chi connectivity index (χ3n) is 3.44. The molecule has 1 heterocycles. The molecule has 1 aliphatic rings. The zero-order valence-electron chi connectivity index (χ0n) is 12.4. The van der Waals surface area contributed by atoms with E-state index in [-0.39, 0.29) is 5.91 Å². The minimum atomic E-state index is 0.0709. The molecule has 1 unspecified atom stereocenters. The molecule has 5 nitrogen and oxygen atoms in total. The fourth-order valence-electron chi connectivity index (χ4n) is 2.37. The Bertz CT molecular complexity index is 243. The van der Waals surface area contributed by atoms with Crippen LogP contribution in [0.5, 0.6) is 0 Å². The molecule has 0 spiro atoms. The molecule has 0 aromatic carbocycles. The van der Waals surface area contributed by atoms with Gasteiger partial charge in [-0.15, -0.1) is 0 Å². The van der Waals surface area contributed by atoms with Gasteiger partial charge in [-0.3, -0.25) is 4.79 Å². The number of likely N-dealkylation sites (tertiary alicyclic amines) is 1. The van der Waals surface area contributed by atoms with Crippen molar-refractivity contribution in [3.63, 3.8) is 0 Å². The summed E-state index contributed by atoms with van der Waals surface area (Å²) in [5.41, 5.74) is 0.